The van der Waals surface area contributed by atoms with Crippen molar-refractivity contribution < 1.29 is 4.74 Å². The van der Waals surface area contributed by atoms with E-state index in [1.807, 2.05) is 18.2 Å². The van der Waals surface area contributed by atoms with Gasteiger partial charge in [0.2, 0.25) is 0 Å². The Morgan fingerprint density at radius 3 is 2.67 bits per heavy atom. The van der Waals surface area contributed by atoms with Gasteiger partial charge in [-0.25, -0.2) is 4.98 Å². The molecule has 1 N–H and O–H groups in total. The predicted octanol–water partition coefficient (Wildman–Crippen LogP) is 3.80. The summed E-state index contributed by atoms with van der Waals surface area (Å²) < 4.78 is 5.26. The summed E-state index contributed by atoms with van der Waals surface area (Å²) >= 11 is 0. The van der Waals surface area contributed by atoms with Gasteiger partial charge in [-0.05, 0) is 42.7 Å². The quantitative estimate of drug-likeness (QED) is 0.888. The molecule has 0 amide bonds. The second-order valence-corrected chi connectivity index (χ2v) is 4.67. The highest BCUT2D eigenvalue weighted by Crippen LogP contribution is 2.28. The van der Waals surface area contributed by atoms with Gasteiger partial charge < -0.3 is 10.1 Å². The number of rotatable bonds is 4. The molecule has 0 unspecified atom stereocenters. The largest absolute Gasteiger partial charge is 0.497 e. The van der Waals surface area contributed by atoms with Crippen molar-refractivity contribution in [2.45, 2.75) is 26.7 Å². The van der Waals surface area contributed by atoms with Gasteiger partial charge in [-0.1, -0.05) is 13.8 Å². The number of pyridine rings is 1. The average molecular weight is 244 g/mol. The zero-order chi connectivity index (χ0) is 13.1. The van der Waals surface area contributed by atoms with Crippen molar-refractivity contribution in [2.24, 2.45) is 0 Å². The molecule has 0 bridgehead atoms. The third-order valence-electron chi connectivity index (χ3n) is 3.02. The van der Waals surface area contributed by atoms with Crippen molar-refractivity contribution >= 4 is 16.7 Å². The predicted molar refractivity (Wildman–Crippen MR) is 76.5 cm³/mol. The van der Waals surface area contributed by atoms with Crippen molar-refractivity contribution in [3.63, 3.8) is 0 Å². The fourth-order valence-corrected chi connectivity index (χ4v) is 2.05. The van der Waals surface area contributed by atoms with Crippen LogP contribution in [0.1, 0.15) is 32.3 Å². The first-order valence-corrected chi connectivity index (χ1v) is 6.38. The Balaban J connectivity index is 2.60. The Kier molecular flexibility index (Phi) is 3.70. The van der Waals surface area contributed by atoms with Gasteiger partial charge in [0.1, 0.15) is 11.6 Å². The van der Waals surface area contributed by atoms with Gasteiger partial charge in [-0.3, -0.25) is 0 Å². The smallest absolute Gasteiger partial charge is 0.130 e. The summed E-state index contributed by atoms with van der Waals surface area (Å²) in [7, 11) is 1.69. The fraction of sp³-hybridized carbons (Fsp3) is 0.400. The first-order chi connectivity index (χ1) is 8.65. The summed E-state index contributed by atoms with van der Waals surface area (Å²) in [6, 6.07) is 8.18. The number of hydrogen-bond donors (Lipinski definition) is 1. The number of nitrogens with zero attached hydrogens (tertiary/aromatic N) is 1. The van der Waals surface area contributed by atoms with E-state index in [1.165, 1.54) is 5.56 Å². The fourth-order valence-electron chi connectivity index (χ4n) is 2.05. The molecule has 3 nitrogen and oxygen atoms in total. The van der Waals surface area contributed by atoms with E-state index >= 15 is 0 Å². The van der Waals surface area contributed by atoms with Crippen LogP contribution in [0.5, 0.6) is 5.75 Å². The average Bonchev–Trinajstić information content (AvgIpc) is 2.37. The molecule has 18 heavy (non-hydrogen) atoms. The summed E-state index contributed by atoms with van der Waals surface area (Å²) in [5.74, 6) is 2.31. The number of anilines is 1. The number of methoxy groups -OCH3 is 1. The van der Waals surface area contributed by atoms with Crippen LogP contribution in [0, 0.1) is 0 Å². The number of ether oxygens (including phenoxy) is 1. The normalized spacial score (nSPS) is 10.9. The van der Waals surface area contributed by atoms with Crippen LogP contribution < -0.4 is 10.1 Å². The zero-order valence-corrected chi connectivity index (χ0v) is 11.4. The van der Waals surface area contributed by atoms with E-state index in [2.05, 4.69) is 32.2 Å². The van der Waals surface area contributed by atoms with E-state index in [9.17, 15) is 0 Å². The molecule has 96 valence electrons. The highest BCUT2D eigenvalue weighted by molar-refractivity contribution is 5.83. The summed E-state index contributed by atoms with van der Waals surface area (Å²) in [5.41, 5.74) is 2.24. The van der Waals surface area contributed by atoms with Crippen molar-refractivity contribution in [1.29, 1.82) is 0 Å². The lowest BCUT2D eigenvalue weighted by Crippen LogP contribution is -2.05. The van der Waals surface area contributed by atoms with E-state index in [0.29, 0.717) is 5.92 Å². The standard InChI is InChI=1S/C15H20N2O/c1-5-16-15-13(10(2)3)9-11-8-12(18-4)6-7-14(11)17-15/h6-10H,5H2,1-4H3,(H,16,17). The number of benzene rings is 1. The number of aromatic nitrogens is 1. The minimum absolute atomic E-state index is 0.446. The molecule has 1 aromatic heterocycles. The van der Waals surface area contributed by atoms with Crippen LogP contribution in [0.25, 0.3) is 10.9 Å². The molecule has 0 aliphatic rings. The van der Waals surface area contributed by atoms with Crippen LogP contribution in [0.15, 0.2) is 24.3 Å². The Labute approximate surface area is 108 Å². The van der Waals surface area contributed by atoms with Crippen LogP contribution in [0.4, 0.5) is 5.82 Å². The Morgan fingerprint density at radius 1 is 1.28 bits per heavy atom. The summed E-state index contributed by atoms with van der Waals surface area (Å²) in [6.45, 7) is 7.34. The molecular formula is C15H20N2O. The third-order valence-corrected chi connectivity index (χ3v) is 3.02. The second-order valence-electron chi connectivity index (χ2n) is 4.67. The summed E-state index contributed by atoms with van der Waals surface area (Å²) in [5, 5.41) is 4.46. The Morgan fingerprint density at radius 2 is 2.06 bits per heavy atom. The van der Waals surface area contributed by atoms with Gasteiger partial charge in [-0.2, -0.15) is 0 Å². The molecule has 0 saturated carbocycles. The SMILES string of the molecule is CCNc1nc2ccc(OC)cc2cc1C(C)C. The first-order valence-electron chi connectivity index (χ1n) is 6.38. The van der Waals surface area contributed by atoms with Gasteiger partial charge in [0.25, 0.3) is 0 Å². The molecule has 0 aliphatic heterocycles. The van der Waals surface area contributed by atoms with Gasteiger partial charge >= 0.3 is 0 Å². The van der Waals surface area contributed by atoms with Crippen LogP contribution in [0.2, 0.25) is 0 Å². The molecular weight excluding hydrogens is 224 g/mol. The summed E-state index contributed by atoms with van der Waals surface area (Å²) in [4.78, 5) is 4.69. The molecule has 2 rings (SSSR count). The van der Waals surface area contributed by atoms with E-state index in [0.717, 1.165) is 29.0 Å². The van der Waals surface area contributed by atoms with Crippen LogP contribution in [-0.2, 0) is 0 Å². The molecule has 3 heteroatoms. The molecule has 0 fully saturated rings. The second kappa shape index (κ2) is 5.25. The first kappa shape index (κ1) is 12.7. The van der Waals surface area contributed by atoms with Gasteiger partial charge in [0.15, 0.2) is 0 Å². The lowest BCUT2D eigenvalue weighted by Gasteiger charge is -2.14. The minimum Gasteiger partial charge on any atom is -0.497 e. The maximum atomic E-state index is 5.26. The van der Waals surface area contributed by atoms with Crippen LogP contribution in [-0.4, -0.2) is 18.6 Å². The van der Waals surface area contributed by atoms with E-state index in [-0.39, 0.29) is 0 Å². The number of nitrogens with one attached hydrogen (secondary N) is 1. The maximum absolute atomic E-state index is 5.26. The molecule has 2 aromatic rings. The van der Waals surface area contributed by atoms with E-state index in [4.69, 9.17) is 9.72 Å². The lowest BCUT2D eigenvalue weighted by molar-refractivity contribution is 0.415. The number of hydrogen-bond acceptors (Lipinski definition) is 3. The molecule has 1 aromatic carbocycles. The minimum atomic E-state index is 0.446. The highest BCUT2D eigenvalue weighted by Gasteiger charge is 2.10. The van der Waals surface area contributed by atoms with Gasteiger partial charge in [0.05, 0.1) is 12.6 Å². The van der Waals surface area contributed by atoms with Crippen molar-refractivity contribution in [3.8, 4) is 5.75 Å². The Bertz CT molecular complexity index is 549. The molecule has 0 saturated heterocycles. The van der Waals surface area contributed by atoms with Gasteiger partial charge in [0, 0.05) is 11.9 Å². The molecule has 1 heterocycles. The molecule has 0 aliphatic carbocycles. The van der Waals surface area contributed by atoms with Crippen LogP contribution in [0.3, 0.4) is 0 Å². The number of fused-ring (bicyclic) bond motifs is 1. The van der Waals surface area contributed by atoms with Crippen molar-refractivity contribution in [2.75, 3.05) is 19.0 Å². The molecule has 0 radical (unpaired) electrons. The van der Waals surface area contributed by atoms with E-state index < -0.39 is 0 Å². The molecule has 0 atom stereocenters. The summed E-state index contributed by atoms with van der Waals surface area (Å²) in [6.07, 6.45) is 0. The monoisotopic (exact) mass is 244 g/mol. The Hall–Kier alpha value is -1.77. The highest BCUT2D eigenvalue weighted by atomic mass is 16.5. The maximum Gasteiger partial charge on any atom is 0.130 e. The van der Waals surface area contributed by atoms with Gasteiger partial charge in [-0.15, -0.1) is 0 Å². The zero-order valence-electron chi connectivity index (χ0n) is 11.4. The topological polar surface area (TPSA) is 34.2 Å². The third kappa shape index (κ3) is 2.40. The van der Waals surface area contributed by atoms with Crippen molar-refractivity contribution in [3.05, 3.63) is 29.8 Å². The lowest BCUT2D eigenvalue weighted by atomic mass is 10.0. The van der Waals surface area contributed by atoms with E-state index in [1.54, 1.807) is 7.11 Å². The molecule has 0 spiro atoms. The van der Waals surface area contributed by atoms with Crippen LogP contribution >= 0.6 is 0 Å². The van der Waals surface area contributed by atoms with Crippen molar-refractivity contribution in [1.82, 2.24) is 4.98 Å².